The summed E-state index contributed by atoms with van der Waals surface area (Å²) in [5.74, 6) is 2.07. The summed E-state index contributed by atoms with van der Waals surface area (Å²) >= 11 is 0. The molecule has 2 heterocycles. The molecule has 0 radical (unpaired) electrons. The molecule has 0 amide bonds. The van der Waals surface area contributed by atoms with Gasteiger partial charge in [-0.05, 0) is 59.5 Å². The van der Waals surface area contributed by atoms with Crippen molar-refractivity contribution in [1.29, 1.82) is 0 Å². The normalized spacial score (nSPS) is 14.4. The summed E-state index contributed by atoms with van der Waals surface area (Å²) in [6.07, 6.45) is 5.63. The van der Waals surface area contributed by atoms with Crippen LogP contribution < -0.4 is 9.30 Å². The van der Waals surface area contributed by atoms with E-state index in [9.17, 15) is 0 Å². The number of benzene rings is 3. The summed E-state index contributed by atoms with van der Waals surface area (Å²) in [7, 11) is 2.15. The van der Waals surface area contributed by atoms with Gasteiger partial charge in [0.15, 0.2) is 6.20 Å². The lowest BCUT2D eigenvalue weighted by atomic mass is 9.82. The van der Waals surface area contributed by atoms with Crippen LogP contribution in [-0.2, 0) is 19.9 Å². The Morgan fingerprint density at radius 1 is 0.962 bits per heavy atom. The molecule has 0 bridgehead atoms. The van der Waals surface area contributed by atoms with E-state index < -0.39 is 0 Å². The molecule has 0 atom stereocenters. The second-order valence-electron chi connectivity index (χ2n) is 7.60. The summed E-state index contributed by atoms with van der Waals surface area (Å²) in [5, 5.41) is 5.29. The van der Waals surface area contributed by atoms with Crippen molar-refractivity contribution >= 4 is 21.5 Å². The maximum Gasteiger partial charge on any atom is 0.228 e. The molecule has 126 valence electrons. The largest absolute Gasteiger partial charge is 0.455 e. The number of ether oxygens (including phenoxy) is 1. The van der Waals surface area contributed by atoms with E-state index in [4.69, 9.17) is 4.74 Å². The lowest BCUT2D eigenvalue weighted by molar-refractivity contribution is -0.659. The first-order chi connectivity index (χ1) is 12.7. The monoisotopic (exact) mass is 338 g/mol. The summed E-state index contributed by atoms with van der Waals surface area (Å²) in [4.78, 5) is 0. The van der Waals surface area contributed by atoms with Crippen molar-refractivity contribution < 1.29 is 9.30 Å². The fraction of sp³-hybridized carbons (Fsp3) is 0.208. The summed E-state index contributed by atoms with van der Waals surface area (Å²) in [5.41, 5.74) is 6.76. The number of pyridine rings is 1. The first-order valence-corrected chi connectivity index (χ1v) is 9.40. The minimum absolute atomic E-state index is 0.985. The van der Waals surface area contributed by atoms with Crippen LogP contribution in [0.3, 0.4) is 0 Å². The number of fused-ring (bicyclic) bond motifs is 3. The fourth-order valence-electron chi connectivity index (χ4n) is 5.02. The third-order valence-corrected chi connectivity index (χ3v) is 6.18. The van der Waals surface area contributed by atoms with Gasteiger partial charge in [0.1, 0.15) is 18.5 Å². The Morgan fingerprint density at radius 2 is 1.85 bits per heavy atom. The quantitative estimate of drug-likeness (QED) is 0.345. The SMILES string of the molecule is Cc1c2c(c3c4c(cccc14)CCC3)Oc1cccc3cc[n+](C)c-2c13. The van der Waals surface area contributed by atoms with Crippen molar-refractivity contribution in [2.75, 3.05) is 0 Å². The zero-order chi connectivity index (χ0) is 17.4. The van der Waals surface area contributed by atoms with E-state index in [0.29, 0.717) is 0 Å². The number of hydrogen-bond donors (Lipinski definition) is 0. The molecule has 1 aromatic heterocycles. The van der Waals surface area contributed by atoms with E-state index in [2.05, 4.69) is 67.2 Å². The molecule has 0 fully saturated rings. The van der Waals surface area contributed by atoms with Crippen LogP contribution in [0.1, 0.15) is 23.1 Å². The molecule has 0 spiro atoms. The minimum Gasteiger partial charge on any atom is -0.455 e. The van der Waals surface area contributed by atoms with Gasteiger partial charge in [-0.2, -0.15) is 0 Å². The molecular formula is C24H20NO+. The average molecular weight is 338 g/mol. The highest BCUT2D eigenvalue weighted by molar-refractivity contribution is 6.07. The van der Waals surface area contributed by atoms with Crippen molar-refractivity contribution in [1.82, 2.24) is 0 Å². The second-order valence-corrected chi connectivity index (χ2v) is 7.60. The van der Waals surface area contributed by atoms with Crippen LogP contribution in [0.2, 0.25) is 0 Å². The van der Waals surface area contributed by atoms with Gasteiger partial charge in [0.05, 0.1) is 10.9 Å². The molecule has 2 heteroatoms. The standard InChI is InChI=1S/C24H20NO/c1-14-17-9-3-6-15-7-4-10-18(21(15)17)24-20(14)23-22-16(12-13-25(23)2)8-5-11-19(22)26-24/h3,5-6,8-9,11-13H,4,7,10H2,1-2H3/q+1. The Hall–Kier alpha value is -2.87. The van der Waals surface area contributed by atoms with Gasteiger partial charge >= 0.3 is 0 Å². The van der Waals surface area contributed by atoms with E-state index >= 15 is 0 Å². The van der Waals surface area contributed by atoms with Gasteiger partial charge in [-0.3, -0.25) is 0 Å². The third kappa shape index (κ3) is 1.65. The van der Waals surface area contributed by atoms with Crippen molar-refractivity contribution in [3.63, 3.8) is 0 Å². The zero-order valence-electron chi connectivity index (χ0n) is 15.1. The first-order valence-electron chi connectivity index (χ1n) is 9.40. The van der Waals surface area contributed by atoms with Gasteiger partial charge in [-0.25, -0.2) is 4.57 Å². The predicted octanol–water partition coefficient (Wildman–Crippen LogP) is 5.39. The van der Waals surface area contributed by atoms with Crippen LogP contribution in [0.5, 0.6) is 11.5 Å². The molecule has 26 heavy (non-hydrogen) atoms. The molecule has 1 aliphatic heterocycles. The van der Waals surface area contributed by atoms with E-state index in [-0.39, 0.29) is 0 Å². The van der Waals surface area contributed by atoms with Crippen LogP contribution in [0.15, 0.2) is 48.7 Å². The average Bonchev–Trinajstić information content (AvgIpc) is 2.68. The zero-order valence-corrected chi connectivity index (χ0v) is 15.1. The van der Waals surface area contributed by atoms with Crippen molar-refractivity contribution in [2.24, 2.45) is 7.05 Å². The molecule has 1 aliphatic carbocycles. The van der Waals surface area contributed by atoms with E-state index in [1.54, 1.807) is 0 Å². The molecule has 2 aliphatic rings. The Labute approximate surface area is 152 Å². The van der Waals surface area contributed by atoms with Gasteiger partial charge in [-0.15, -0.1) is 0 Å². The molecule has 3 aromatic carbocycles. The maximum absolute atomic E-state index is 6.59. The van der Waals surface area contributed by atoms with Gasteiger partial charge in [-0.1, -0.05) is 30.3 Å². The molecule has 0 N–H and O–H groups in total. The highest BCUT2D eigenvalue weighted by Gasteiger charge is 2.33. The third-order valence-electron chi connectivity index (χ3n) is 6.18. The molecule has 4 aromatic rings. The Bertz CT molecular complexity index is 1250. The van der Waals surface area contributed by atoms with Crippen molar-refractivity contribution in [3.05, 3.63) is 65.4 Å². The van der Waals surface area contributed by atoms with Gasteiger partial charge in [0.2, 0.25) is 5.69 Å². The summed E-state index contributed by atoms with van der Waals surface area (Å²) < 4.78 is 8.85. The lowest BCUT2D eigenvalue weighted by Gasteiger charge is -2.27. The van der Waals surface area contributed by atoms with E-state index in [1.165, 1.54) is 62.3 Å². The maximum atomic E-state index is 6.59. The van der Waals surface area contributed by atoms with Gasteiger partial charge in [0.25, 0.3) is 0 Å². The van der Waals surface area contributed by atoms with Crippen LogP contribution in [0.4, 0.5) is 0 Å². The fourth-order valence-corrected chi connectivity index (χ4v) is 5.02. The second kappa shape index (κ2) is 4.85. The van der Waals surface area contributed by atoms with Crippen LogP contribution in [-0.4, -0.2) is 0 Å². The van der Waals surface area contributed by atoms with Crippen molar-refractivity contribution in [3.8, 4) is 22.8 Å². The number of aryl methyl sites for hydroxylation is 4. The Kier molecular flexibility index (Phi) is 2.67. The van der Waals surface area contributed by atoms with Crippen LogP contribution in [0, 0.1) is 6.92 Å². The molecular weight excluding hydrogens is 318 g/mol. The molecule has 0 saturated heterocycles. The number of nitrogens with zero attached hydrogens (tertiary/aromatic N) is 1. The highest BCUT2D eigenvalue weighted by Crippen LogP contribution is 2.51. The Morgan fingerprint density at radius 3 is 2.77 bits per heavy atom. The minimum atomic E-state index is 0.985. The van der Waals surface area contributed by atoms with Crippen molar-refractivity contribution in [2.45, 2.75) is 26.2 Å². The predicted molar refractivity (Wildman–Crippen MR) is 105 cm³/mol. The molecule has 6 rings (SSSR count). The summed E-state index contributed by atoms with van der Waals surface area (Å²) in [6.45, 7) is 2.26. The Balaban J connectivity index is 1.87. The first kappa shape index (κ1) is 14.3. The lowest BCUT2D eigenvalue weighted by Crippen LogP contribution is -2.32. The van der Waals surface area contributed by atoms with Gasteiger partial charge < -0.3 is 4.74 Å². The van der Waals surface area contributed by atoms with Crippen LogP contribution in [0.25, 0.3) is 32.8 Å². The number of rotatable bonds is 0. The topological polar surface area (TPSA) is 13.1 Å². The molecule has 2 nitrogen and oxygen atoms in total. The summed E-state index contributed by atoms with van der Waals surface area (Å²) in [6, 6.07) is 15.3. The number of aromatic nitrogens is 1. The van der Waals surface area contributed by atoms with Gasteiger partial charge in [0, 0.05) is 11.6 Å². The smallest absolute Gasteiger partial charge is 0.228 e. The van der Waals surface area contributed by atoms with E-state index in [0.717, 1.165) is 17.9 Å². The molecule has 0 unspecified atom stereocenters. The highest BCUT2D eigenvalue weighted by atomic mass is 16.5. The number of hydrogen-bond acceptors (Lipinski definition) is 1. The molecule has 0 saturated carbocycles. The van der Waals surface area contributed by atoms with E-state index in [1.807, 2.05) is 0 Å². The van der Waals surface area contributed by atoms with Crippen LogP contribution >= 0.6 is 0 Å².